The van der Waals surface area contributed by atoms with E-state index >= 15 is 0 Å². The van der Waals surface area contributed by atoms with Gasteiger partial charge in [-0.05, 0) is 58.4 Å². The molecule has 2 unspecified atom stereocenters. The number of likely N-dealkylation sites (tertiary alicyclic amines) is 1. The number of hydrogen-bond donors (Lipinski definition) is 1. The Morgan fingerprint density at radius 1 is 1.39 bits per heavy atom. The molecule has 1 N–H and O–H groups in total. The molecule has 0 radical (unpaired) electrons. The molecule has 1 aliphatic heterocycles. The quantitative estimate of drug-likeness (QED) is 0.819. The highest BCUT2D eigenvalue weighted by molar-refractivity contribution is 5.74. The Balaban J connectivity index is 1.92. The second-order valence-electron chi connectivity index (χ2n) is 6.89. The summed E-state index contributed by atoms with van der Waals surface area (Å²) in [6, 6.07) is 0.630. The molecule has 2 fully saturated rings. The molecule has 104 valence electrons. The van der Waals surface area contributed by atoms with E-state index in [2.05, 4.69) is 11.8 Å². The molecule has 1 aliphatic carbocycles. The standard InChI is InChI=1S/C15H27NO2/c1-11(9-12-6-7-12)16-8-4-5-13(10-16)15(2,3)14(17)18/h11-13H,4-10H2,1-3H3,(H,17,18). The summed E-state index contributed by atoms with van der Waals surface area (Å²) in [7, 11) is 0. The fourth-order valence-electron chi connectivity index (χ4n) is 3.16. The highest BCUT2D eigenvalue weighted by Gasteiger charge is 2.40. The van der Waals surface area contributed by atoms with Crippen LogP contribution in [0.2, 0.25) is 0 Å². The van der Waals surface area contributed by atoms with Gasteiger partial charge in [-0.1, -0.05) is 12.8 Å². The van der Waals surface area contributed by atoms with Crippen LogP contribution < -0.4 is 0 Å². The predicted molar refractivity (Wildman–Crippen MR) is 72.5 cm³/mol. The molecule has 1 heterocycles. The Hall–Kier alpha value is -0.570. The van der Waals surface area contributed by atoms with Gasteiger partial charge >= 0.3 is 5.97 Å². The summed E-state index contributed by atoms with van der Waals surface area (Å²) in [4.78, 5) is 13.9. The molecule has 18 heavy (non-hydrogen) atoms. The maximum atomic E-state index is 11.4. The molecule has 0 bridgehead atoms. The number of carboxylic acids is 1. The molecule has 0 aromatic rings. The van der Waals surface area contributed by atoms with Gasteiger partial charge in [-0.15, -0.1) is 0 Å². The molecule has 0 amide bonds. The van der Waals surface area contributed by atoms with Crippen LogP contribution in [0.3, 0.4) is 0 Å². The number of aliphatic carboxylic acids is 1. The highest BCUT2D eigenvalue weighted by atomic mass is 16.4. The number of rotatable bonds is 5. The first-order chi connectivity index (χ1) is 8.41. The SMILES string of the molecule is CC(CC1CC1)N1CCCC(C(C)(C)C(=O)O)C1. The van der Waals surface area contributed by atoms with Gasteiger partial charge in [-0.25, -0.2) is 0 Å². The lowest BCUT2D eigenvalue weighted by atomic mass is 9.74. The molecule has 3 nitrogen and oxygen atoms in total. The van der Waals surface area contributed by atoms with Gasteiger partial charge < -0.3 is 10.0 Å². The number of nitrogens with zero attached hydrogens (tertiary/aromatic N) is 1. The van der Waals surface area contributed by atoms with Crippen molar-refractivity contribution in [1.82, 2.24) is 4.90 Å². The number of hydrogen-bond acceptors (Lipinski definition) is 2. The molecule has 0 spiro atoms. The summed E-state index contributed by atoms with van der Waals surface area (Å²) in [5.74, 6) is 0.599. The second kappa shape index (κ2) is 5.20. The molecule has 0 aromatic heterocycles. The summed E-state index contributed by atoms with van der Waals surface area (Å²) in [5, 5.41) is 9.36. The van der Waals surface area contributed by atoms with Gasteiger partial charge in [0.15, 0.2) is 0 Å². The van der Waals surface area contributed by atoms with Crippen LogP contribution in [0.1, 0.15) is 52.9 Å². The molecule has 1 saturated carbocycles. The van der Waals surface area contributed by atoms with E-state index in [0.29, 0.717) is 12.0 Å². The Morgan fingerprint density at radius 2 is 2.06 bits per heavy atom. The summed E-state index contributed by atoms with van der Waals surface area (Å²) >= 11 is 0. The van der Waals surface area contributed by atoms with E-state index < -0.39 is 11.4 Å². The number of carbonyl (C=O) groups is 1. The minimum atomic E-state index is -0.649. The first-order valence-electron chi connectivity index (χ1n) is 7.38. The third-order valence-corrected chi connectivity index (χ3v) is 5.02. The average Bonchev–Trinajstić information content (AvgIpc) is 3.13. The molecular weight excluding hydrogens is 226 g/mol. The van der Waals surface area contributed by atoms with Crippen LogP contribution >= 0.6 is 0 Å². The zero-order valence-corrected chi connectivity index (χ0v) is 12.0. The van der Waals surface area contributed by atoms with Gasteiger partial charge in [-0.3, -0.25) is 4.79 Å². The fourth-order valence-corrected chi connectivity index (χ4v) is 3.16. The first-order valence-corrected chi connectivity index (χ1v) is 7.38. The van der Waals surface area contributed by atoms with Crippen LogP contribution in [-0.2, 0) is 4.79 Å². The lowest BCUT2D eigenvalue weighted by Crippen LogP contribution is -2.47. The van der Waals surface area contributed by atoms with Crippen molar-refractivity contribution < 1.29 is 9.90 Å². The zero-order chi connectivity index (χ0) is 13.3. The van der Waals surface area contributed by atoms with Crippen LogP contribution in [0, 0.1) is 17.3 Å². The lowest BCUT2D eigenvalue weighted by Gasteiger charge is -2.41. The lowest BCUT2D eigenvalue weighted by molar-refractivity contribution is -0.151. The van der Waals surface area contributed by atoms with Gasteiger partial charge in [0.05, 0.1) is 5.41 Å². The van der Waals surface area contributed by atoms with Gasteiger partial charge in [0, 0.05) is 12.6 Å². The molecule has 0 aromatic carbocycles. The molecule has 2 rings (SSSR count). The Kier molecular flexibility index (Phi) is 4.00. The predicted octanol–water partition coefficient (Wildman–Crippen LogP) is 3.00. The van der Waals surface area contributed by atoms with E-state index in [1.54, 1.807) is 0 Å². The van der Waals surface area contributed by atoms with Crippen LogP contribution in [0.4, 0.5) is 0 Å². The Bertz CT molecular complexity index is 310. The first kappa shape index (κ1) is 13.9. The van der Waals surface area contributed by atoms with Crippen LogP contribution in [-0.4, -0.2) is 35.1 Å². The summed E-state index contributed by atoms with van der Waals surface area (Å²) < 4.78 is 0. The van der Waals surface area contributed by atoms with Crippen molar-refractivity contribution in [3.63, 3.8) is 0 Å². The van der Waals surface area contributed by atoms with Crippen LogP contribution in [0.25, 0.3) is 0 Å². The van der Waals surface area contributed by atoms with Gasteiger partial charge in [0.2, 0.25) is 0 Å². The third-order valence-electron chi connectivity index (χ3n) is 5.02. The van der Waals surface area contributed by atoms with Crippen molar-refractivity contribution in [2.24, 2.45) is 17.3 Å². The van der Waals surface area contributed by atoms with Crippen molar-refractivity contribution >= 4 is 5.97 Å². The number of carboxylic acid groups (broad SMARTS) is 1. The van der Waals surface area contributed by atoms with Gasteiger partial charge in [-0.2, -0.15) is 0 Å². The van der Waals surface area contributed by atoms with E-state index in [4.69, 9.17) is 0 Å². The molecule has 1 saturated heterocycles. The number of piperidine rings is 1. The van der Waals surface area contributed by atoms with E-state index in [1.165, 1.54) is 19.3 Å². The molecule has 3 heteroatoms. The summed E-state index contributed by atoms with van der Waals surface area (Å²) in [5.41, 5.74) is -0.585. The fraction of sp³-hybridized carbons (Fsp3) is 0.933. The smallest absolute Gasteiger partial charge is 0.309 e. The Labute approximate surface area is 111 Å². The maximum Gasteiger partial charge on any atom is 0.309 e. The van der Waals surface area contributed by atoms with E-state index in [-0.39, 0.29) is 0 Å². The Morgan fingerprint density at radius 3 is 2.61 bits per heavy atom. The van der Waals surface area contributed by atoms with Crippen LogP contribution in [0.5, 0.6) is 0 Å². The minimum absolute atomic E-state index is 0.297. The van der Waals surface area contributed by atoms with Gasteiger partial charge in [0.1, 0.15) is 0 Å². The van der Waals surface area contributed by atoms with Crippen LogP contribution in [0.15, 0.2) is 0 Å². The largest absolute Gasteiger partial charge is 0.481 e. The van der Waals surface area contributed by atoms with Crippen molar-refractivity contribution in [3.8, 4) is 0 Å². The highest BCUT2D eigenvalue weighted by Crippen LogP contribution is 2.38. The molecule has 2 atom stereocenters. The van der Waals surface area contributed by atoms with Crippen molar-refractivity contribution in [3.05, 3.63) is 0 Å². The van der Waals surface area contributed by atoms with Crippen molar-refractivity contribution in [2.75, 3.05) is 13.1 Å². The van der Waals surface area contributed by atoms with Crippen molar-refractivity contribution in [1.29, 1.82) is 0 Å². The molecule has 2 aliphatic rings. The third kappa shape index (κ3) is 3.05. The second-order valence-corrected chi connectivity index (χ2v) is 6.89. The summed E-state index contributed by atoms with van der Waals surface area (Å²) in [6.07, 6.45) is 6.33. The van der Waals surface area contributed by atoms with Crippen molar-refractivity contribution in [2.45, 2.75) is 58.9 Å². The zero-order valence-electron chi connectivity index (χ0n) is 12.0. The summed E-state index contributed by atoms with van der Waals surface area (Å²) in [6.45, 7) is 8.20. The van der Waals surface area contributed by atoms with E-state index in [0.717, 1.165) is 31.8 Å². The molecular formula is C15H27NO2. The average molecular weight is 253 g/mol. The topological polar surface area (TPSA) is 40.5 Å². The van der Waals surface area contributed by atoms with Gasteiger partial charge in [0.25, 0.3) is 0 Å². The van der Waals surface area contributed by atoms with E-state index in [9.17, 15) is 9.90 Å². The minimum Gasteiger partial charge on any atom is -0.481 e. The monoisotopic (exact) mass is 253 g/mol. The normalized spacial score (nSPS) is 28.1. The van der Waals surface area contributed by atoms with E-state index in [1.807, 2.05) is 13.8 Å². The maximum absolute atomic E-state index is 11.4.